The van der Waals surface area contributed by atoms with Crippen molar-refractivity contribution in [2.45, 2.75) is 12.1 Å². The van der Waals surface area contributed by atoms with Crippen LogP contribution in [0.15, 0.2) is 72.8 Å². The zero-order valence-electron chi connectivity index (χ0n) is 19.2. The predicted octanol–water partition coefficient (Wildman–Crippen LogP) is 5.05. The summed E-state index contributed by atoms with van der Waals surface area (Å²) in [5.74, 6) is 1.22. The van der Waals surface area contributed by atoms with Crippen molar-refractivity contribution in [1.29, 1.82) is 0 Å². The third kappa shape index (κ3) is 4.90. The SMILES string of the molecule is COc1c(Cl)cc(Cl)cc1[C@H](c1nnnn1C(c1ccccc1)c1ccccc1)N1CCOCC1. The maximum atomic E-state index is 6.56. The predicted molar refractivity (Wildman–Crippen MR) is 135 cm³/mol. The molecule has 180 valence electrons. The van der Waals surface area contributed by atoms with E-state index < -0.39 is 0 Å². The summed E-state index contributed by atoms with van der Waals surface area (Å²) in [5.41, 5.74) is 2.95. The van der Waals surface area contributed by atoms with Crippen LogP contribution in [0, 0.1) is 0 Å². The van der Waals surface area contributed by atoms with Crippen molar-refractivity contribution in [1.82, 2.24) is 25.1 Å². The molecule has 9 heteroatoms. The lowest BCUT2D eigenvalue weighted by atomic mass is 9.97. The van der Waals surface area contributed by atoms with Gasteiger partial charge in [-0.15, -0.1) is 5.10 Å². The van der Waals surface area contributed by atoms with Gasteiger partial charge in [0.25, 0.3) is 0 Å². The second-order valence-electron chi connectivity index (χ2n) is 8.27. The van der Waals surface area contributed by atoms with Gasteiger partial charge in [0, 0.05) is 23.7 Å². The highest BCUT2D eigenvalue weighted by Crippen LogP contribution is 2.41. The summed E-state index contributed by atoms with van der Waals surface area (Å²) in [4.78, 5) is 2.28. The van der Waals surface area contributed by atoms with E-state index >= 15 is 0 Å². The highest BCUT2D eigenvalue weighted by molar-refractivity contribution is 6.35. The van der Waals surface area contributed by atoms with Crippen molar-refractivity contribution in [2.24, 2.45) is 0 Å². The van der Waals surface area contributed by atoms with Crippen molar-refractivity contribution in [3.05, 3.63) is 105 Å². The Morgan fingerprint density at radius 1 is 0.886 bits per heavy atom. The van der Waals surface area contributed by atoms with Crippen LogP contribution in [0.25, 0.3) is 0 Å². The standard InChI is InChI=1S/C26H25Cl2N5O2/c1-34-25-21(16-20(27)17-22(25)28)24(32-12-14-35-15-13-32)26-29-30-31-33(26)23(18-8-4-2-5-9-18)19-10-6-3-7-11-19/h2-11,16-17,23-24H,12-15H2,1H3/t24-/m1/s1. The van der Waals surface area contributed by atoms with Gasteiger partial charge in [0.05, 0.1) is 25.3 Å². The van der Waals surface area contributed by atoms with Gasteiger partial charge in [-0.25, -0.2) is 4.68 Å². The van der Waals surface area contributed by atoms with Gasteiger partial charge in [0.1, 0.15) is 17.8 Å². The molecule has 1 atom stereocenters. The second kappa shape index (κ2) is 10.7. The first-order chi connectivity index (χ1) is 17.2. The number of hydrogen-bond acceptors (Lipinski definition) is 6. The molecule has 1 aromatic heterocycles. The highest BCUT2D eigenvalue weighted by atomic mass is 35.5. The number of nitrogens with zero attached hydrogens (tertiary/aromatic N) is 5. The van der Waals surface area contributed by atoms with Crippen molar-refractivity contribution >= 4 is 23.2 Å². The number of ether oxygens (including phenoxy) is 2. The number of benzene rings is 3. The molecule has 1 saturated heterocycles. The number of methoxy groups -OCH3 is 1. The normalized spacial score (nSPS) is 15.3. The Labute approximate surface area is 214 Å². The molecule has 0 spiro atoms. The molecule has 4 aromatic rings. The second-order valence-corrected chi connectivity index (χ2v) is 9.11. The molecule has 1 aliphatic rings. The lowest BCUT2D eigenvalue weighted by Gasteiger charge is -2.35. The van der Waals surface area contributed by atoms with Crippen LogP contribution in [-0.4, -0.2) is 58.5 Å². The Kier molecular flexibility index (Phi) is 7.29. The van der Waals surface area contributed by atoms with E-state index in [-0.39, 0.29) is 12.1 Å². The molecular weight excluding hydrogens is 485 g/mol. The minimum absolute atomic E-state index is 0.230. The van der Waals surface area contributed by atoms with Gasteiger partial charge in [0.15, 0.2) is 5.82 Å². The van der Waals surface area contributed by atoms with E-state index in [1.54, 1.807) is 13.2 Å². The summed E-state index contributed by atoms with van der Waals surface area (Å²) >= 11 is 13.0. The van der Waals surface area contributed by atoms with E-state index in [0.29, 0.717) is 47.9 Å². The molecule has 35 heavy (non-hydrogen) atoms. The van der Waals surface area contributed by atoms with Crippen LogP contribution < -0.4 is 4.74 Å². The van der Waals surface area contributed by atoms with E-state index in [1.807, 2.05) is 47.1 Å². The third-order valence-corrected chi connectivity index (χ3v) is 6.68. The van der Waals surface area contributed by atoms with Gasteiger partial charge in [-0.05, 0) is 33.7 Å². The molecular formula is C26H25Cl2N5O2. The number of halogens is 2. The summed E-state index contributed by atoms with van der Waals surface area (Å²) in [5, 5.41) is 14.1. The van der Waals surface area contributed by atoms with Crippen LogP contribution in [-0.2, 0) is 4.74 Å². The summed E-state index contributed by atoms with van der Waals surface area (Å²) in [6.45, 7) is 2.61. The van der Waals surface area contributed by atoms with Gasteiger partial charge in [-0.1, -0.05) is 83.9 Å². The molecule has 1 aliphatic heterocycles. The fourth-order valence-electron chi connectivity index (χ4n) is 4.64. The third-order valence-electron chi connectivity index (χ3n) is 6.18. The van der Waals surface area contributed by atoms with Crippen LogP contribution in [0.5, 0.6) is 5.75 Å². The van der Waals surface area contributed by atoms with E-state index in [0.717, 1.165) is 16.7 Å². The molecule has 2 heterocycles. The Morgan fingerprint density at radius 3 is 2.11 bits per heavy atom. The van der Waals surface area contributed by atoms with E-state index in [4.69, 9.17) is 32.7 Å². The number of hydrogen-bond donors (Lipinski definition) is 0. The quantitative estimate of drug-likeness (QED) is 0.347. The number of morpholine rings is 1. The molecule has 7 nitrogen and oxygen atoms in total. The summed E-state index contributed by atoms with van der Waals surface area (Å²) in [7, 11) is 1.61. The maximum Gasteiger partial charge on any atom is 0.174 e. The molecule has 5 rings (SSSR count). The molecule has 0 N–H and O–H groups in total. The zero-order chi connectivity index (χ0) is 24.2. The van der Waals surface area contributed by atoms with Crippen LogP contribution in [0.3, 0.4) is 0 Å². The topological polar surface area (TPSA) is 65.3 Å². The summed E-state index contributed by atoms with van der Waals surface area (Å²) < 4.78 is 13.3. The van der Waals surface area contributed by atoms with Gasteiger partial charge in [-0.3, -0.25) is 4.90 Å². The van der Waals surface area contributed by atoms with Gasteiger partial charge in [-0.2, -0.15) is 0 Å². The monoisotopic (exact) mass is 509 g/mol. The minimum atomic E-state index is -0.352. The lowest BCUT2D eigenvalue weighted by Crippen LogP contribution is -2.41. The highest BCUT2D eigenvalue weighted by Gasteiger charge is 2.35. The Hall–Kier alpha value is -2.97. The molecule has 0 radical (unpaired) electrons. The fourth-order valence-corrected chi connectivity index (χ4v) is 5.23. The van der Waals surface area contributed by atoms with Crippen LogP contribution in [0.4, 0.5) is 0 Å². The van der Waals surface area contributed by atoms with Crippen molar-refractivity contribution in [3.63, 3.8) is 0 Å². The fraction of sp³-hybridized carbons (Fsp3) is 0.269. The average molecular weight is 510 g/mol. The molecule has 0 saturated carbocycles. The minimum Gasteiger partial charge on any atom is -0.495 e. The van der Waals surface area contributed by atoms with Gasteiger partial charge >= 0.3 is 0 Å². The molecule has 0 bridgehead atoms. The van der Waals surface area contributed by atoms with Crippen molar-refractivity contribution < 1.29 is 9.47 Å². The van der Waals surface area contributed by atoms with Crippen molar-refractivity contribution in [3.8, 4) is 5.75 Å². The van der Waals surface area contributed by atoms with E-state index in [9.17, 15) is 0 Å². The molecule has 0 aliphatic carbocycles. The van der Waals surface area contributed by atoms with E-state index in [2.05, 4.69) is 44.7 Å². The molecule has 0 amide bonds. The Morgan fingerprint density at radius 2 is 1.51 bits per heavy atom. The van der Waals surface area contributed by atoms with Crippen molar-refractivity contribution in [2.75, 3.05) is 33.4 Å². The first-order valence-electron chi connectivity index (χ1n) is 11.4. The van der Waals surface area contributed by atoms with Crippen LogP contribution in [0.2, 0.25) is 10.0 Å². The van der Waals surface area contributed by atoms with E-state index in [1.165, 1.54) is 0 Å². The number of tetrazole rings is 1. The van der Waals surface area contributed by atoms with Gasteiger partial charge in [0.2, 0.25) is 0 Å². The number of aromatic nitrogens is 4. The summed E-state index contributed by atoms with van der Waals surface area (Å²) in [6.07, 6.45) is 0. The Balaban J connectivity index is 1.71. The van der Waals surface area contributed by atoms with Crippen LogP contribution in [0.1, 0.15) is 34.6 Å². The number of rotatable bonds is 7. The summed E-state index contributed by atoms with van der Waals surface area (Å²) in [6, 6.07) is 23.4. The Bertz CT molecular complexity index is 1220. The lowest BCUT2D eigenvalue weighted by molar-refractivity contribution is 0.0211. The zero-order valence-corrected chi connectivity index (χ0v) is 20.7. The molecule has 3 aromatic carbocycles. The van der Waals surface area contributed by atoms with Gasteiger partial charge < -0.3 is 9.47 Å². The first kappa shape index (κ1) is 23.8. The first-order valence-corrected chi connectivity index (χ1v) is 12.2. The van der Waals surface area contributed by atoms with Crippen LogP contribution >= 0.6 is 23.2 Å². The smallest absolute Gasteiger partial charge is 0.174 e. The maximum absolute atomic E-state index is 6.56. The molecule has 1 fully saturated rings. The molecule has 0 unspecified atom stereocenters. The largest absolute Gasteiger partial charge is 0.495 e. The average Bonchev–Trinajstić information content (AvgIpc) is 3.35.